The van der Waals surface area contributed by atoms with Crippen molar-refractivity contribution in [2.75, 3.05) is 16.4 Å². The number of para-hydroxylation sites is 1. The molecule has 3 aromatic rings. The summed E-state index contributed by atoms with van der Waals surface area (Å²) in [6.07, 6.45) is 0. The van der Waals surface area contributed by atoms with E-state index in [0.29, 0.717) is 10.1 Å². The van der Waals surface area contributed by atoms with Crippen LogP contribution in [-0.4, -0.2) is 22.6 Å². The van der Waals surface area contributed by atoms with Crippen LogP contribution < -0.4 is 16.4 Å². The largest absolute Gasteiger partial charge is 0.364 e. The Morgan fingerprint density at radius 2 is 1.69 bits per heavy atom. The smallest absolute Gasteiger partial charge is 0.270 e. The maximum Gasteiger partial charge on any atom is 0.270 e. The number of carbonyl (C=O) groups is 2. The van der Waals surface area contributed by atoms with Crippen molar-refractivity contribution in [2.24, 2.45) is 5.73 Å². The first kappa shape index (κ1) is 18.0. The van der Waals surface area contributed by atoms with Crippen LogP contribution in [-0.2, 0) is 4.79 Å². The van der Waals surface area contributed by atoms with E-state index in [-0.39, 0.29) is 17.4 Å². The predicted molar refractivity (Wildman–Crippen MR) is 106 cm³/mol. The van der Waals surface area contributed by atoms with Crippen molar-refractivity contribution in [3.8, 4) is 0 Å². The Labute approximate surface area is 158 Å². The molecule has 3 rings (SSSR count). The summed E-state index contributed by atoms with van der Waals surface area (Å²) in [4.78, 5) is 29.0. The van der Waals surface area contributed by atoms with Gasteiger partial charge in [-0.25, -0.2) is 4.98 Å². The van der Waals surface area contributed by atoms with Gasteiger partial charge in [-0.1, -0.05) is 47.7 Å². The Kier molecular flexibility index (Phi) is 5.88. The Balaban J connectivity index is 1.68. The minimum Gasteiger partial charge on any atom is -0.364 e. The molecule has 4 N–H and O–H groups in total. The standard InChI is InChI=1S/C18H16N4O2S2/c19-16(24)15-17(21-14(23)11-25-13-9-5-2-6-10-13)26-18(22-15)20-12-7-3-1-4-8-12/h1-10H,11H2,(H2,19,24)(H,20,22)(H,21,23). The first-order chi connectivity index (χ1) is 12.6. The molecule has 0 saturated carbocycles. The molecule has 2 amide bonds. The van der Waals surface area contributed by atoms with Gasteiger partial charge in [0.25, 0.3) is 5.91 Å². The van der Waals surface area contributed by atoms with Gasteiger partial charge in [0.15, 0.2) is 10.8 Å². The van der Waals surface area contributed by atoms with Gasteiger partial charge < -0.3 is 16.4 Å². The number of benzene rings is 2. The van der Waals surface area contributed by atoms with Gasteiger partial charge in [0.1, 0.15) is 5.00 Å². The quantitative estimate of drug-likeness (QED) is 0.540. The van der Waals surface area contributed by atoms with E-state index in [9.17, 15) is 9.59 Å². The molecule has 0 bridgehead atoms. The summed E-state index contributed by atoms with van der Waals surface area (Å²) in [7, 11) is 0. The van der Waals surface area contributed by atoms with Crippen molar-refractivity contribution in [3.63, 3.8) is 0 Å². The van der Waals surface area contributed by atoms with E-state index in [1.54, 1.807) is 0 Å². The summed E-state index contributed by atoms with van der Waals surface area (Å²) in [5, 5.41) is 6.64. The minimum atomic E-state index is -0.687. The second-order valence-electron chi connectivity index (χ2n) is 5.20. The second-order valence-corrected chi connectivity index (χ2v) is 7.25. The van der Waals surface area contributed by atoms with E-state index in [0.717, 1.165) is 10.6 Å². The number of nitrogens with two attached hydrogens (primary N) is 1. The molecule has 0 saturated heterocycles. The van der Waals surface area contributed by atoms with Crippen LogP contribution in [0.15, 0.2) is 65.6 Å². The molecular formula is C18H16N4O2S2. The van der Waals surface area contributed by atoms with Gasteiger partial charge in [-0.3, -0.25) is 9.59 Å². The lowest BCUT2D eigenvalue weighted by molar-refractivity contribution is -0.113. The number of nitrogens with one attached hydrogen (secondary N) is 2. The molecule has 6 nitrogen and oxygen atoms in total. The van der Waals surface area contributed by atoms with Crippen LogP contribution in [0.4, 0.5) is 15.8 Å². The van der Waals surface area contributed by atoms with Gasteiger partial charge in [0.05, 0.1) is 5.75 Å². The van der Waals surface area contributed by atoms with Gasteiger partial charge in [0, 0.05) is 10.6 Å². The molecule has 0 aliphatic heterocycles. The molecule has 0 fully saturated rings. The summed E-state index contributed by atoms with van der Waals surface area (Å²) >= 11 is 2.58. The van der Waals surface area contributed by atoms with E-state index in [4.69, 9.17) is 5.73 Å². The third kappa shape index (κ3) is 4.84. The molecule has 0 aliphatic rings. The van der Waals surface area contributed by atoms with Crippen LogP contribution in [0.3, 0.4) is 0 Å². The zero-order valence-corrected chi connectivity index (χ0v) is 15.3. The van der Waals surface area contributed by atoms with E-state index in [1.165, 1.54) is 23.1 Å². The number of nitrogens with zero attached hydrogens (tertiary/aromatic N) is 1. The van der Waals surface area contributed by atoms with Crippen LogP contribution in [0, 0.1) is 0 Å². The molecule has 1 aromatic heterocycles. The molecule has 0 unspecified atom stereocenters. The highest BCUT2D eigenvalue weighted by Crippen LogP contribution is 2.30. The SMILES string of the molecule is NC(=O)c1nc(Nc2ccccc2)sc1NC(=O)CSc1ccccc1. The summed E-state index contributed by atoms with van der Waals surface area (Å²) in [6, 6.07) is 19.0. The molecule has 0 radical (unpaired) electrons. The van der Waals surface area contributed by atoms with Crippen molar-refractivity contribution in [1.29, 1.82) is 0 Å². The molecule has 0 atom stereocenters. The highest BCUT2D eigenvalue weighted by molar-refractivity contribution is 8.00. The monoisotopic (exact) mass is 384 g/mol. The van der Waals surface area contributed by atoms with Crippen molar-refractivity contribution < 1.29 is 9.59 Å². The van der Waals surface area contributed by atoms with Crippen molar-refractivity contribution >= 4 is 50.7 Å². The lowest BCUT2D eigenvalue weighted by Gasteiger charge is -2.03. The molecule has 1 heterocycles. The number of carbonyl (C=O) groups excluding carboxylic acids is 2. The van der Waals surface area contributed by atoms with Crippen LogP contribution in [0.25, 0.3) is 0 Å². The number of rotatable bonds is 7. The number of anilines is 3. The molecule has 26 heavy (non-hydrogen) atoms. The van der Waals surface area contributed by atoms with Crippen LogP contribution in [0.5, 0.6) is 0 Å². The highest BCUT2D eigenvalue weighted by atomic mass is 32.2. The Hall–Kier alpha value is -2.84. The lowest BCUT2D eigenvalue weighted by atomic mass is 10.3. The van der Waals surface area contributed by atoms with Crippen LogP contribution >= 0.6 is 23.1 Å². The fourth-order valence-corrected chi connectivity index (χ4v) is 3.73. The first-order valence-electron chi connectivity index (χ1n) is 7.72. The summed E-state index contributed by atoms with van der Waals surface area (Å²) in [5.74, 6) is -0.689. The van der Waals surface area contributed by atoms with E-state index < -0.39 is 5.91 Å². The summed E-state index contributed by atoms with van der Waals surface area (Å²) < 4.78 is 0. The number of hydrogen-bond donors (Lipinski definition) is 3. The van der Waals surface area contributed by atoms with Gasteiger partial charge in [-0.15, -0.1) is 11.8 Å². The zero-order valence-electron chi connectivity index (χ0n) is 13.6. The minimum absolute atomic E-state index is 0.0477. The van der Waals surface area contributed by atoms with Gasteiger partial charge in [0.2, 0.25) is 5.91 Å². The third-order valence-corrected chi connectivity index (χ3v) is 5.15. The summed E-state index contributed by atoms with van der Waals surface area (Å²) in [6.45, 7) is 0. The lowest BCUT2D eigenvalue weighted by Crippen LogP contribution is -2.18. The Morgan fingerprint density at radius 3 is 2.35 bits per heavy atom. The van der Waals surface area contributed by atoms with Crippen LogP contribution in [0.2, 0.25) is 0 Å². The van der Waals surface area contributed by atoms with Crippen molar-refractivity contribution in [1.82, 2.24) is 4.98 Å². The number of thiazole rings is 1. The van der Waals surface area contributed by atoms with Crippen LogP contribution in [0.1, 0.15) is 10.5 Å². The highest BCUT2D eigenvalue weighted by Gasteiger charge is 2.18. The van der Waals surface area contributed by atoms with Gasteiger partial charge in [-0.2, -0.15) is 0 Å². The molecule has 0 aliphatic carbocycles. The molecule has 2 aromatic carbocycles. The molecule has 132 valence electrons. The molecule has 0 spiro atoms. The molecule has 8 heteroatoms. The van der Waals surface area contributed by atoms with E-state index in [2.05, 4.69) is 15.6 Å². The van der Waals surface area contributed by atoms with Gasteiger partial charge in [-0.05, 0) is 24.3 Å². The predicted octanol–water partition coefficient (Wildman–Crippen LogP) is 3.72. The maximum absolute atomic E-state index is 12.2. The Morgan fingerprint density at radius 1 is 1.04 bits per heavy atom. The number of thioether (sulfide) groups is 1. The number of amides is 2. The fraction of sp³-hybridized carbons (Fsp3) is 0.0556. The topological polar surface area (TPSA) is 97.1 Å². The van der Waals surface area contributed by atoms with Gasteiger partial charge >= 0.3 is 0 Å². The van der Waals surface area contributed by atoms with Crippen molar-refractivity contribution in [2.45, 2.75) is 4.90 Å². The number of hydrogen-bond acceptors (Lipinski definition) is 6. The van der Waals surface area contributed by atoms with Crippen molar-refractivity contribution in [3.05, 3.63) is 66.4 Å². The average molecular weight is 384 g/mol. The maximum atomic E-state index is 12.2. The Bertz CT molecular complexity index is 898. The first-order valence-corrected chi connectivity index (χ1v) is 9.52. The van der Waals surface area contributed by atoms with E-state index >= 15 is 0 Å². The summed E-state index contributed by atoms with van der Waals surface area (Å²) in [5.41, 5.74) is 6.26. The fourth-order valence-electron chi connectivity index (χ4n) is 2.10. The van der Waals surface area contributed by atoms with E-state index in [1.807, 2.05) is 60.7 Å². The third-order valence-electron chi connectivity index (χ3n) is 3.25. The second kappa shape index (κ2) is 8.50. The molecular weight excluding hydrogens is 368 g/mol. The zero-order chi connectivity index (χ0) is 18.4. The number of aromatic nitrogens is 1. The average Bonchev–Trinajstić information content (AvgIpc) is 3.04. The normalized spacial score (nSPS) is 10.3. The number of primary amides is 1.